The van der Waals surface area contributed by atoms with E-state index >= 15 is 0 Å². The van der Waals surface area contributed by atoms with Gasteiger partial charge < -0.3 is 0 Å². The first-order valence-corrected chi connectivity index (χ1v) is 8.47. The smallest absolute Gasteiger partial charge is 0.262 e. The Balaban J connectivity index is 1.86. The Morgan fingerprint density at radius 2 is 2.13 bits per heavy atom. The predicted octanol–water partition coefficient (Wildman–Crippen LogP) is 4.10. The Bertz CT molecular complexity index is 983. The van der Waals surface area contributed by atoms with Crippen molar-refractivity contribution < 1.29 is 4.39 Å². The van der Waals surface area contributed by atoms with E-state index in [2.05, 4.69) is 6.92 Å². The molecule has 4 rings (SSSR count). The zero-order chi connectivity index (χ0) is 16.0. The molecule has 0 N–H and O–H groups in total. The quantitative estimate of drug-likeness (QED) is 0.710. The summed E-state index contributed by atoms with van der Waals surface area (Å²) in [5, 5.41) is 0.721. The molecule has 2 aromatic heterocycles. The molecule has 3 heterocycles. The maximum absolute atomic E-state index is 13.0. The first-order chi connectivity index (χ1) is 11.2. The Hall–Kier alpha value is -2.27. The summed E-state index contributed by atoms with van der Waals surface area (Å²) < 4.78 is 14.8. The lowest BCUT2D eigenvalue weighted by atomic mass is 10.1. The molecule has 3 aromatic rings. The second kappa shape index (κ2) is 5.42. The van der Waals surface area contributed by atoms with Crippen LogP contribution in [0.5, 0.6) is 0 Å². The number of nitrogens with zero attached hydrogens (tertiary/aromatic N) is 2. The van der Waals surface area contributed by atoms with E-state index in [9.17, 15) is 9.18 Å². The van der Waals surface area contributed by atoms with Crippen molar-refractivity contribution in [2.24, 2.45) is 0 Å². The highest BCUT2D eigenvalue weighted by atomic mass is 32.1. The predicted molar refractivity (Wildman–Crippen MR) is 92.1 cm³/mol. The van der Waals surface area contributed by atoms with E-state index in [0.717, 1.165) is 40.0 Å². The van der Waals surface area contributed by atoms with Crippen LogP contribution in [0.25, 0.3) is 21.9 Å². The summed E-state index contributed by atoms with van der Waals surface area (Å²) in [6.07, 6.45) is 3.68. The molecule has 3 nitrogen and oxygen atoms in total. The van der Waals surface area contributed by atoms with Gasteiger partial charge in [0.05, 0.1) is 5.39 Å². The number of hydrogen-bond acceptors (Lipinski definition) is 3. The third-order valence-electron chi connectivity index (χ3n) is 4.15. The van der Waals surface area contributed by atoms with E-state index in [1.807, 2.05) is 12.1 Å². The van der Waals surface area contributed by atoms with E-state index in [0.29, 0.717) is 6.54 Å². The molecule has 0 bridgehead atoms. The van der Waals surface area contributed by atoms with Crippen LogP contribution in [0.3, 0.4) is 0 Å². The Morgan fingerprint density at radius 3 is 2.87 bits per heavy atom. The van der Waals surface area contributed by atoms with Crippen molar-refractivity contribution in [3.8, 4) is 0 Å². The molecule has 0 atom stereocenters. The maximum atomic E-state index is 13.0. The first-order valence-electron chi connectivity index (χ1n) is 7.65. The zero-order valence-electron chi connectivity index (χ0n) is 12.7. The van der Waals surface area contributed by atoms with Gasteiger partial charge in [0.2, 0.25) is 0 Å². The third-order valence-corrected chi connectivity index (χ3v) is 5.33. The Morgan fingerprint density at radius 1 is 1.35 bits per heavy atom. The van der Waals surface area contributed by atoms with Crippen molar-refractivity contribution in [2.75, 3.05) is 0 Å². The maximum Gasteiger partial charge on any atom is 0.262 e. The zero-order valence-corrected chi connectivity index (χ0v) is 13.5. The van der Waals surface area contributed by atoms with E-state index < -0.39 is 0 Å². The number of aryl methyl sites for hydroxylation is 1. The molecular weight excluding hydrogens is 311 g/mol. The van der Waals surface area contributed by atoms with Crippen molar-refractivity contribution in [2.45, 2.75) is 26.3 Å². The van der Waals surface area contributed by atoms with Crippen LogP contribution < -0.4 is 5.56 Å². The van der Waals surface area contributed by atoms with Crippen LogP contribution in [0.4, 0.5) is 4.39 Å². The largest absolute Gasteiger partial charge is 0.292 e. The van der Waals surface area contributed by atoms with E-state index in [1.54, 1.807) is 28.0 Å². The van der Waals surface area contributed by atoms with E-state index in [1.165, 1.54) is 17.0 Å². The summed E-state index contributed by atoms with van der Waals surface area (Å²) in [5.74, 6) is 0.497. The minimum atomic E-state index is -0.249. The third kappa shape index (κ3) is 2.41. The van der Waals surface area contributed by atoms with Crippen molar-refractivity contribution in [1.82, 2.24) is 9.55 Å². The van der Waals surface area contributed by atoms with Gasteiger partial charge >= 0.3 is 0 Å². The summed E-state index contributed by atoms with van der Waals surface area (Å²) in [6, 6.07) is 8.32. The SMILES string of the molecule is CCc1cc2c(=O)n3c(nc2s1)/C(=C/c1ccc(F)cc1)CC3. The molecule has 5 heteroatoms. The molecule has 1 aliphatic heterocycles. The van der Waals surface area contributed by atoms with E-state index in [-0.39, 0.29) is 11.4 Å². The van der Waals surface area contributed by atoms with Crippen LogP contribution in [-0.4, -0.2) is 9.55 Å². The lowest BCUT2D eigenvalue weighted by molar-refractivity contribution is 0.628. The number of fused-ring (bicyclic) bond motifs is 2. The fraction of sp³-hybridized carbons (Fsp3) is 0.222. The number of halogens is 1. The molecule has 0 spiro atoms. The lowest BCUT2D eigenvalue weighted by Gasteiger charge is -2.02. The van der Waals surface area contributed by atoms with Crippen molar-refractivity contribution in [1.29, 1.82) is 0 Å². The average Bonchev–Trinajstić information content (AvgIpc) is 3.15. The monoisotopic (exact) mass is 326 g/mol. The molecule has 0 amide bonds. The molecule has 0 aliphatic carbocycles. The minimum absolute atomic E-state index is 0.0449. The molecule has 23 heavy (non-hydrogen) atoms. The number of aromatic nitrogens is 2. The second-order valence-electron chi connectivity index (χ2n) is 5.65. The highest BCUT2D eigenvalue weighted by Gasteiger charge is 2.21. The molecule has 0 unspecified atom stereocenters. The topological polar surface area (TPSA) is 34.9 Å². The van der Waals surface area contributed by atoms with Crippen molar-refractivity contribution >= 4 is 33.2 Å². The van der Waals surface area contributed by atoms with Gasteiger partial charge in [-0.1, -0.05) is 19.1 Å². The molecular formula is C18H15FN2OS. The minimum Gasteiger partial charge on any atom is -0.292 e. The fourth-order valence-electron chi connectivity index (χ4n) is 2.93. The average molecular weight is 326 g/mol. The van der Waals surface area contributed by atoms with Crippen LogP contribution in [-0.2, 0) is 13.0 Å². The van der Waals surface area contributed by atoms with Gasteiger partial charge in [-0.15, -0.1) is 11.3 Å². The highest BCUT2D eigenvalue weighted by Crippen LogP contribution is 2.30. The summed E-state index contributed by atoms with van der Waals surface area (Å²) in [5.41, 5.74) is 2.00. The van der Waals surface area contributed by atoms with Crippen LogP contribution in [0.2, 0.25) is 0 Å². The van der Waals surface area contributed by atoms with Crippen molar-refractivity contribution in [3.63, 3.8) is 0 Å². The molecule has 0 saturated carbocycles. The van der Waals surface area contributed by atoms with Gasteiger partial charge in [0.25, 0.3) is 5.56 Å². The number of thiophene rings is 1. The molecule has 0 saturated heterocycles. The van der Waals surface area contributed by atoms with E-state index in [4.69, 9.17) is 4.98 Å². The molecule has 1 aromatic carbocycles. The fourth-order valence-corrected chi connectivity index (χ4v) is 3.89. The van der Waals surface area contributed by atoms with Gasteiger partial charge in [-0.05, 0) is 48.3 Å². The summed E-state index contributed by atoms with van der Waals surface area (Å²) in [7, 11) is 0. The highest BCUT2D eigenvalue weighted by molar-refractivity contribution is 7.18. The van der Waals surface area contributed by atoms with Crippen LogP contribution >= 0.6 is 11.3 Å². The normalized spacial score (nSPS) is 15.5. The van der Waals surface area contributed by atoms with Crippen LogP contribution in [0.15, 0.2) is 35.1 Å². The van der Waals surface area contributed by atoms with Gasteiger partial charge in [-0.3, -0.25) is 9.36 Å². The number of rotatable bonds is 2. The summed E-state index contributed by atoms with van der Waals surface area (Å²) in [6.45, 7) is 2.73. The first kappa shape index (κ1) is 14.3. The lowest BCUT2D eigenvalue weighted by Crippen LogP contribution is -2.19. The molecule has 0 fully saturated rings. The molecule has 1 aliphatic rings. The number of hydrogen-bond donors (Lipinski definition) is 0. The standard InChI is InChI=1S/C18H15FN2OS/c1-2-14-10-15-17(23-14)20-16-12(7-8-21(16)18(15)22)9-11-3-5-13(19)6-4-11/h3-6,9-10H,2,7-8H2,1H3/b12-9+. The van der Waals surface area contributed by atoms with Crippen LogP contribution in [0, 0.1) is 5.82 Å². The molecule has 0 radical (unpaired) electrons. The van der Waals surface area contributed by atoms with Crippen molar-refractivity contribution in [3.05, 3.63) is 62.8 Å². The van der Waals surface area contributed by atoms with Gasteiger partial charge in [0.1, 0.15) is 16.5 Å². The van der Waals surface area contributed by atoms with Gasteiger partial charge in [0.15, 0.2) is 0 Å². The van der Waals surface area contributed by atoms with Gasteiger partial charge in [-0.2, -0.15) is 0 Å². The second-order valence-corrected chi connectivity index (χ2v) is 6.76. The van der Waals surface area contributed by atoms with Gasteiger partial charge in [-0.25, -0.2) is 9.37 Å². The molecule has 116 valence electrons. The summed E-state index contributed by atoms with van der Waals surface area (Å²) >= 11 is 1.59. The summed E-state index contributed by atoms with van der Waals surface area (Å²) in [4.78, 5) is 19.4. The number of benzene rings is 1. The number of allylic oxidation sites excluding steroid dienone is 1. The van der Waals surface area contributed by atoms with Crippen LogP contribution in [0.1, 0.15) is 29.6 Å². The Labute approximate surface area is 136 Å². The Kier molecular flexibility index (Phi) is 3.38. The van der Waals surface area contributed by atoms with Gasteiger partial charge in [0, 0.05) is 11.4 Å².